The molecule has 1 aromatic heterocycles. The van der Waals surface area contributed by atoms with Crippen molar-refractivity contribution >= 4 is 11.9 Å². The highest BCUT2D eigenvalue weighted by Gasteiger charge is 2.25. The first-order chi connectivity index (χ1) is 18.9. The zero-order valence-electron chi connectivity index (χ0n) is 24.0. The number of hydrogen-bond acceptors (Lipinski definition) is 8. The topological polar surface area (TPSA) is 119 Å². The highest BCUT2D eigenvalue weighted by Crippen LogP contribution is 2.32. The van der Waals surface area contributed by atoms with Gasteiger partial charge in [0.05, 0.1) is 11.7 Å². The van der Waals surface area contributed by atoms with Crippen LogP contribution in [0.5, 0.6) is 5.75 Å². The molecule has 0 spiro atoms. The molecule has 3 aromatic rings. The minimum absolute atomic E-state index is 0.0419. The maximum absolute atomic E-state index is 12.8. The Morgan fingerprint density at radius 3 is 2.65 bits per heavy atom. The maximum Gasteiger partial charge on any atom is 0.306 e. The van der Waals surface area contributed by atoms with Crippen molar-refractivity contribution in [3.8, 4) is 34.7 Å². The average Bonchev–Trinajstić information content (AvgIpc) is 3.37. The van der Waals surface area contributed by atoms with Crippen LogP contribution in [0, 0.1) is 18.3 Å². The third-order valence-corrected chi connectivity index (χ3v) is 6.61. The molecule has 1 aliphatic rings. The van der Waals surface area contributed by atoms with Crippen molar-refractivity contribution in [3.05, 3.63) is 52.6 Å². The molecule has 0 fully saturated rings. The normalized spacial score (nSPS) is 13.1. The molecular formula is C31H36N4O5. The highest BCUT2D eigenvalue weighted by atomic mass is 16.6. The monoisotopic (exact) mass is 544 g/mol. The molecular weight excluding hydrogens is 508 g/mol. The highest BCUT2D eigenvalue weighted by molar-refractivity contribution is 5.78. The van der Waals surface area contributed by atoms with Gasteiger partial charge in [-0.05, 0) is 89.3 Å². The van der Waals surface area contributed by atoms with Gasteiger partial charge in [-0.15, -0.1) is 0 Å². The fourth-order valence-electron chi connectivity index (χ4n) is 4.79. The second-order valence-electron chi connectivity index (χ2n) is 11.3. The minimum atomic E-state index is -0.521. The predicted molar refractivity (Wildman–Crippen MR) is 149 cm³/mol. The average molecular weight is 545 g/mol. The van der Waals surface area contributed by atoms with E-state index < -0.39 is 5.60 Å². The van der Waals surface area contributed by atoms with Crippen LogP contribution in [-0.2, 0) is 27.3 Å². The zero-order valence-corrected chi connectivity index (χ0v) is 24.0. The van der Waals surface area contributed by atoms with Gasteiger partial charge in [-0.25, -0.2) is 0 Å². The van der Waals surface area contributed by atoms with Crippen molar-refractivity contribution in [1.82, 2.24) is 15.0 Å². The van der Waals surface area contributed by atoms with Crippen LogP contribution in [0.15, 0.2) is 34.9 Å². The van der Waals surface area contributed by atoms with E-state index in [0.717, 1.165) is 23.1 Å². The number of nitriles is 1. The Morgan fingerprint density at radius 1 is 1.18 bits per heavy atom. The number of hydrogen-bond donors (Lipinski definition) is 0. The predicted octanol–water partition coefficient (Wildman–Crippen LogP) is 5.77. The van der Waals surface area contributed by atoms with Crippen molar-refractivity contribution in [1.29, 1.82) is 5.26 Å². The standard InChI is InChI=1S/C31H36N4O5/c1-19(2)38-26-13-11-21(16-23(26)17-32)30-33-29(34-40-30)25-12-10-22-18-35(15-14-24(22)20(25)3)27(36)8-7-9-28(37)39-31(4,5)6/h10-13,16,19H,7-9,14-15,18H2,1-6H3. The molecule has 0 unspecified atom stereocenters. The van der Waals surface area contributed by atoms with Crippen molar-refractivity contribution < 1.29 is 23.6 Å². The molecule has 0 saturated carbocycles. The molecule has 2 aromatic carbocycles. The van der Waals surface area contributed by atoms with E-state index in [4.69, 9.17) is 14.0 Å². The van der Waals surface area contributed by atoms with Crippen LogP contribution in [0.2, 0.25) is 0 Å². The third kappa shape index (κ3) is 6.87. The summed E-state index contributed by atoms with van der Waals surface area (Å²) in [7, 11) is 0. The summed E-state index contributed by atoms with van der Waals surface area (Å²) in [5, 5.41) is 13.8. The number of ether oxygens (including phenoxy) is 2. The van der Waals surface area contributed by atoms with Gasteiger partial charge in [0.1, 0.15) is 17.4 Å². The van der Waals surface area contributed by atoms with E-state index in [2.05, 4.69) is 16.2 Å². The summed E-state index contributed by atoms with van der Waals surface area (Å²) in [6.07, 6.45) is 1.69. The first kappa shape index (κ1) is 28.8. The van der Waals surface area contributed by atoms with Crippen molar-refractivity contribution in [2.24, 2.45) is 0 Å². The van der Waals surface area contributed by atoms with Gasteiger partial charge in [0, 0.05) is 37.1 Å². The maximum atomic E-state index is 12.8. The number of rotatable bonds is 8. The van der Waals surface area contributed by atoms with Crippen molar-refractivity contribution in [2.75, 3.05) is 6.54 Å². The van der Waals surface area contributed by atoms with Crippen molar-refractivity contribution in [3.63, 3.8) is 0 Å². The van der Waals surface area contributed by atoms with E-state index in [1.54, 1.807) is 18.2 Å². The Balaban J connectivity index is 1.43. The largest absolute Gasteiger partial charge is 0.490 e. The Bertz CT molecular complexity index is 1440. The lowest BCUT2D eigenvalue weighted by Gasteiger charge is -2.30. The van der Waals surface area contributed by atoms with Crippen LogP contribution in [0.3, 0.4) is 0 Å². The minimum Gasteiger partial charge on any atom is -0.490 e. The van der Waals surface area contributed by atoms with Crippen LogP contribution in [0.25, 0.3) is 22.8 Å². The number of benzene rings is 2. The summed E-state index contributed by atoms with van der Waals surface area (Å²) >= 11 is 0. The van der Waals surface area contributed by atoms with Gasteiger partial charge in [-0.2, -0.15) is 10.2 Å². The molecule has 40 heavy (non-hydrogen) atoms. The number of amides is 1. The lowest BCUT2D eigenvalue weighted by molar-refractivity contribution is -0.154. The summed E-state index contributed by atoms with van der Waals surface area (Å²) in [6.45, 7) is 12.5. The molecule has 4 rings (SSSR count). The van der Waals surface area contributed by atoms with Crippen LogP contribution in [0.1, 0.15) is 76.1 Å². The van der Waals surface area contributed by atoms with Gasteiger partial charge in [0.25, 0.3) is 5.89 Å². The molecule has 210 valence electrons. The van der Waals surface area contributed by atoms with E-state index in [1.807, 2.05) is 58.6 Å². The van der Waals surface area contributed by atoms with Crippen molar-refractivity contribution in [2.45, 2.75) is 85.5 Å². The quantitative estimate of drug-likeness (QED) is 0.328. The molecule has 0 radical (unpaired) electrons. The molecule has 0 saturated heterocycles. The number of aromatic nitrogens is 2. The molecule has 0 N–H and O–H groups in total. The summed E-state index contributed by atoms with van der Waals surface area (Å²) in [5.41, 5.74) is 4.72. The third-order valence-electron chi connectivity index (χ3n) is 6.61. The first-order valence-corrected chi connectivity index (χ1v) is 13.6. The van der Waals surface area contributed by atoms with E-state index >= 15 is 0 Å². The molecule has 9 heteroatoms. The SMILES string of the molecule is Cc1c(-c2noc(-c3ccc(OC(C)C)c(C#N)c3)n2)ccc2c1CCN(C(=O)CCCC(=O)OC(C)(C)C)C2. The Kier molecular flexibility index (Phi) is 8.58. The lowest BCUT2D eigenvalue weighted by atomic mass is 9.91. The molecule has 2 heterocycles. The van der Waals surface area contributed by atoms with Crippen LogP contribution >= 0.6 is 0 Å². The van der Waals surface area contributed by atoms with Gasteiger partial charge < -0.3 is 18.9 Å². The van der Waals surface area contributed by atoms with Crippen LogP contribution in [-0.4, -0.2) is 45.2 Å². The van der Waals surface area contributed by atoms with E-state index in [1.165, 1.54) is 5.56 Å². The summed E-state index contributed by atoms with van der Waals surface area (Å²) in [6, 6.07) is 11.4. The molecule has 1 aliphatic heterocycles. The fourth-order valence-corrected chi connectivity index (χ4v) is 4.79. The number of esters is 1. The fraction of sp³-hybridized carbons (Fsp3) is 0.452. The Morgan fingerprint density at radius 2 is 1.95 bits per heavy atom. The second-order valence-corrected chi connectivity index (χ2v) is 11.3. The van der Waals surface area contributed by atoms with Gasteiger partial charge in [0.15, 0.2) is 0 Å². The Hall–Kier alpha value is -4.19. The second kappa shape index (κ2) is 11.9. The lowest BCUT2D eigenvalue weighted by Crippen LogP contribution is -2.36. The van der Waals surface area contributed by atoms with Crippen LogP contribution < -0.4 is 4.74 Å². The zero-order chi connectivity index (χ0) is 29.0. The molecule has 1 amide bonds. The smallest absolute Gasteiger partial charge is 0.306 e. The molecule has 0 bridgehead atoms. The molecule has 0 atom stereocenters. The van der Waals surface area contributed by atoms with Crippen LogP contribution in [0.4, 0.5) is 0 Å². The van der Waals surface area contributed by atoms with E-state index in [-0.39, 0.29) is 24.4 Å². The first-order valence-electron chi connectivity index (χ1n) is 13.6. The van der Waals surface area contributed by atoms with Gasteiger partial charge in [-0.3, -0.25) is 9.59 Å². The Labute approximate surface area is 235 Å². The van der Waals surface area contributed by atoms with E-state index in [0.29, 0.717) is 54.5 Å². The van der Waals surface area contributed by atoms with E-state index in [9.17, 15) is 14.9 Å². The van der Waals surface area contributed by atoms with Gasteiger partial charge >= 0.3 is 5.97 Å². The molecule has 9 nitrogen and oxygen atoms in total. The number of fused-ring (bicyclic) bond motifs is 1. The number of carbonyl (C=O) groups excluding carboxylic acids is 2. The number of nitrogens with zero attached hydrogens (tertiary/aromatic N) is 4. The molecule has 0 aliphatic carbocycles. The summed E-state index contributed by atoms with van der Waals surface area (Å²) in [5.74, 6) is 1.07. The van der Waals surface area contributed by atoms with Gasteiger partial charge in [0.2, 0.25) is 11.7 Å². The summed E-state index contributed by atoms with van der Waals surface area (Å²) < 4.78 is 16.6. The van der Waals surface area contributed by atoms with Gasteiger partial charge in [-0.1, -0.05) is 17.3 Å². The number of carbonyl (C=O) groups is 2. The summed E-state index contributed by atoms with van der Waals surface area (Å²) in [4.78, 5) is 31.2.